The lowest BCUT2D eigenvalue weighted by atomic mass is 10.1. The van der Waals surface area contributed by atoms with Crippen molar-refractivity contribution in [2.45, 2.75) is 19.9 Å². The molecular weight excluding hydrogens is 286 g/mol. The molecule has 5 heteroatoms. The first kappa shape index (κ1) is 15.4. The molecule has 3 heterocycles. The minimum absolute atomic E-state index is 0.480. The third kappa shape index (κ3) is 3.81. The topological polar surface area (TPSA) is 62.7 Å². The summed E-state index contributed by atoms with van der Waals surface area (Å²) in [6.07, 6.45) is 7.24. The average Bonchev–Trinajstić information content (AvgIpc) is 2.59. The van der Waals surface area contributed by atoms with E-state index in [2.05, 4.69) is 40.5 Å². The minimum atomic E-state index is 0.480. The molecule has 0 unspecified atom stereocenters. The molecule has 0 aliphatic carbocycles. The quantitative estimate of drug-likeness (QED) is 0.685. The predicted molar refractivity (Wildman–Crippen MR) is 94.4 cm³/mol. The highest BCUT2D eigenvalue weighted by Crippen LogP contribution is 2.26. The molecule has 5 nitrogen and oxygen atoms in total. The molecule has 23 heavy (non-hydrogen) atoms. The van der Waals surface area contributed by atoms with Gasteiger partial charge < -0.3 is 10.6 Å². The fourth-order valence-corrected chi connectivity index (χ4v) is 2.44. The van der Waals surface area contributed by atoms with Gasteiger partial charge in [-0.1, -0.05) is 13.8 Å². The molecule has 3 rings (SSSR count). The van der Waals surface area contributed by atoms with Crippen LogP contribution in [0.25, 0.3) is 22.0 Å². The maximum atomic E-state index is 4.79. The Labute approximate surface area is 136 Å². The molecule has 0 radical (unpaired) electrons. The molecule has 0 saturated carbocycles. The Bertz CT molecular complexity index is 771. The van der Waals surface area contributed by atoms with E-state index in [1.54, 1.807) is 18.6 Å². The largest absolute Gasteiger partial charge is 0.368 e. The van der Waals surface area contributed by atoms with Crippen LogP contribution >= 0.6 is 0 Å². The Morgan fingerprint density at radius 1 is 1.00 bits per heavy atom. The monoisotopic (exact) mass is 307 g/mol. The standard InChI is InChI=1S/C18H21N5/c1-13(2)21-9-10-22-18-16-5-8-20-12-15(16)11-17(23-18)14-3-6-19-7-4-14/h3-8,11-13,21H,9-10H2,1-2H3,(H,22,23). The summed E-state index contributed by atoms with van der Waals surface area (Å²) in [6.45, 7) is 6.00. The number of pyridine rings is 3. The first-order valence-corrected chi connectivity index (χ1v) is 7.86. The van der Waals surface area contributed by atoms with E-state index in [1.807, 2.05) is 24.4 Å². The van der Waals surface area contributed by atoms with E-state index in [1.165, 1.54) is 0 Å². The van der Waals surface area contributed by atoms with Gasteiger partial charge in [-0.25, -0.2) is 4.98 Å². The van der Waals surface area contributed by atoms with Crippen molar-refractivity contribution in [3.63, 3.8) is 0 Å². The predicted octanol–water partition coefficient (Wildman–Crippen LogP) is 3.10. The van der Waals surface area contributed by atoms with Crippen LogP contribution in [0.3, 0.4) is 0 Å². The van der Waals surface area contributed by atoms with Gasteiger partial charge in [0.1, 0.15) is 5.82 Å². The summed E-state index contributed by atoms with van der Waals surface area (Å²) in [5, 5.41) is 9.00. The number of aromatic nitrogens is 3. The highest BCUT2D eigenvalue weighted by atomic mass is 15.0. The Kier molecular flexibility index (Phi) is 4.78. The molecule has 0 saturated heterocycles. The normalized spacial score (nSPS) is 11.1. The van der Waals surface area contributed by atoms with Crippen molar-refractivity contribution < 1.29 is 0 Å². The van der Waals surface area contributed by atoms with Crippen LogP contribution in [0.4, 0.5) is 5.82 Å². The third-order valence-corrected chi connectivity index (χ3v) is 3.58. The molecule has 0 aromatic carbocycles. The highest BCUT2D eigenvalue weighted by molar-refractivity contribution is 5.93. The second-order valence-electron chi connectivity index (χ2n) is 5.72. The maximum Gasteiger partial charge on any atom is 0.134 e. The van der Waals surface area contributed by atoms with E-state index >= 15 is 0 Å². The first-order valence-electron chi connectivity index (χ1n) is 7.86. The Morgan fingerprint density at radius 3 is 2.57 bits per heavy atom. The van der Waals surface area contributed by atoms with Crippen LogP contribution in [0.2, 0.25) is 0 Å². The fraction of sp³-hybridized carbons (Fsp3) is 0.278. The lowest BCUT2D eigenvalue weighted by Gasteiger charge is -2.13. The molecular formula is C18H21N5. The van der Waals surface area contributed by atoms with Crippen LogP contribution in [0, 0.1) is 0 Å². The molecule has 0 aliphatic rings. The Balaban J connectivity index is 1.91. The number of rotatable bonds is 6. The van der Waals surface area contributed by atoms with Gasteiger partial charge >= 0.3 is 0 Å². The average molecular weight is 307 g/mol. The van der Waals surface area contributed by atoms with Crippen molar-refractivity contribution >= 4 is 16.6 Å². The molecule has 0 aliphatic heterocycles. The van der Waals surface area contributed by atoms with E-state index in [9.17, 15) is 0 Å². The van der Waals surface area contributed by atoms with Gasteiger partial charge in [0.25, 0.3) is 0 Å². The van der Waals surface area contributed by atoms with E-state index in [4.69, 9.17) is 4.98 Å². The van der Waals surface area contributed by atoms with Gasteiger partial charge in [0.05, 0.1) is 5.69 Å². The van der Waals surface area contributed by atoms with E-state index in [0.717, 1.165) is 40.9 Å². The van der Waals surface area contributed by atoms with Crippen molar-refractivity contribution in [3.05, 3.63) is 49.1 Å². The summed E-state index contributed by atoms with van der Waals surface area (Å²) >= 11 is 0. The zero-order valence-electron chi connectivity index (χ0n) is 13.5. The Hall–Kier alpha value is -2.53. The van der Waals surface area contributed by atoms with Crippen LogP contribution in [0.1, 0.15) is 13.8 Å². The summed E-state index contributed by atoms with van der Waals surface area (Å²) < 4.78 is 0. The lowest BCUT2D eigenvalue weighted by Crippen LogP contribution is -2.28. The molecule has 118 valence electrons. The van der Waals surface area contributed by atoms with Gasteiger partial charge in [0, 0.05) is 60.3 Å². The number of nitrogens with zero attached hydrogens (tertiary/aromatic N) is 3. The van der Waals surface area contributed by atoms with E-state index in [0.29, 0.717) is 6.04 Å². The van der Waals surface area contributed by atoms with Crippen LogP contribution in [0.15, 0.2) is 49.1 Å². The molecule has 0 amide bonds. The van der Waals surface area contributed by atoms with Crippen molar-refractivity contribution in [1.82, 2.24) is 20.3 Å². The summed E-state index contributed by atoms with van der Waals surface area (Å²) in [4.78, 5) is 13.1. The lowest BCUT2D eigenvalue weighted by molar-refractivity contribution is 0.602. The molecule has 3 aromatic rings. The van der Waals surface area contributed by atoms with Crippen LogP contribution < -0.4 is 10.6 Å². The molecule has 3 aromatic heterocycles. The van der Waals surface area contributed by atoms with E-state index < -0.39 is 0 Å². The van der Waals surface area contributed by atoms with Gasteiger partial charge in [0.2, 0.25) is 0 Å². The van der Waals surface area contributed by atoms with E-state index in [-0.39, 0.29) is 0 Å². The minimum Gasteiger partial charge on any atom is -0.368 e. The summed E-state index contributed by atoms with van der Waals surface area (Å²) in [6, 6.07) is 8.48. The smallest absolute Gasteiger partial charge is 0.134 e. The van der Waals surface area contributed by atoms with Crippen molar-refractivity contribution in [1.29, 1.82) is 0 Å². The fourth-order valence-electron chi connectivity index (χ4n) is 2.44. The zero-order valence-corrected chi connectivity index (χ0v) is 13.5. The Morgan fingerprint density at radius 2 is 1.78 bits per heavy atom. The zero-order chi connectivity index (χ0) is 16.1. The van der Waals surface area contributed by atoms with Gasteiger partial charge in [-0.3, -0.25) is 9.97 Å². The maximum absolute atomic E-state index is 4.79. The molecule has 2 N–H and O–H groups in total. The number of anilines is 1. The summed E-state index contributed by atoms with van der Waals surface area (Å²) in [5.41, 5.74) is 1.97. The first-order chi connectivity index (χ1) is 11.2. The van der Waals surface area contributed by atoms with Crippen molar-refractivity contribution in [2.24, 2.45) is 0 Å². The highest BCUT2D eigenvalue weighted by Gasteiger charge is 2.07. The second kappa shape index (κ2) is 7.15. The van der Waals surface area contributed by atoms with Crippen LogP contribution in [-0.4, -0.2) is 34.1 Å². The van der Waals surface area contributed by atoms with Gasteiger partial charge in [0.15, 0.2) is 0 Å². The third-order valence-electron chi connectivity index (χ3n) is 3.58. The van der Waals surface area contributed by atoms with Gasteiger partial charge in [-0.05, 0) is 24.3 Å². The van der Waals surface area contributed by atoms with Gasteiger partial charge in [-0.15, -0.1) is 0 Å². The number of hydrogen-bond donors (Lipinski definition) is 2. The van der Waals surface area contributed by atoms with Crippen LogP contribution in [0.5, 0.6) is 0 Å². The molecule has 0 spiro atoms. The van der Waals surface area contributed by atoms with Crippen LogP contribution in [-0.2, 0) is 0 Å². The van der Waals surface area contributed by atoms with Crippen molar-refractivity contribution in [2.75, 3.05) is 18.4 Å². The van der Waals surface area contributed by atoms with Gasteiger partial charge in [-0.2, -0.15) is 0 Å². The molecule has 0 atom stereocenters. The summed E-state index contributed by atoms with van der Waals surface area (Å²) in [7, 11) is 0. The number of nitrogens with one attached hydrogen (secondary N) is 2. The SMILES string of the molecule is CC(C)NCCNc1nc(-c2ccncc2)cc2cnccc12. The number of hydrogen-bond acceptors (Lipinski definition) is 5. The summed E-state index contributed by atoms with van der Waals surface area (Å²) in [5.74, 6) is 0.891. The number of fused-ring (bicyclic) bond motifs is 1. The van der Waals surface area contributed by atoms with Crippen molar-refractivity contribution in [3.8, 4) is 11.3 Å². The second-order valence-corrected chi connectivity index (χ2v) is 5.72. The molecule has 0 fully saturated rings. The molecule has 0 bridgehead atoms.